The van der Waals surface area contributed by atoms with Crippen LogP contribution in [-0.4, -0.2) is 42.7 Å². The Morgan fingerprint density at radius 2 is 1.75 bits per heavy atom. The summed E-state index contributed by atoms with van der Waals surface area (Å²) in [4.78, 5) is 32.1. The van der Waals surface area contributed by atoms with Gasteiger partial charge in [-0.15, -0.1) is 0 Å². The van der Waals surface area contributed by atoms with E-state index in [-0.39, 0.29) is 12.2 Å². The second-order valence-corrected chi connectivity index (χ2v) is 6.84. The van der Waals surface area contributed by atoms with Crippen molar-refractivity contribution in [2.75, 3.05) is 26.1 Å². The molecule has 0 radical (unpaired) electrons. The number of benzene rings is 3. The summed E-state index contributed by atoms with van der Waals surface area (Å²) in [5, 5.41) is 2.67. The van der Waals surface area contributed by atoms with Gasteiger partial charge in [0.1, 0.15) is 5.82 Å². The van der Waals surface area contributed by atoms with E-state index in [1.54, 1.807) is 36.4 Å². The SMILES string of the molecule is COC(=O)c1ccccc1NC(=O)COc1ccc(-c2nc3ccccc3[nH]2)cc1OC. The van der Waals surface area contributed by atoms with Crippen molar-refractivity contribution in [2.45, 2.75) is 0 Å². The quantitative estimate of drug-likeness (QED) is 0.428. The van der Waals surface area contributed by atoms with Crippen LogP contribution in [-0.2, 0) is 9.53 Å². The summed E-state index contributed by atoms with van der Waals surface area (Å²) in [5.41, 5.74) is 3.23. The number of ether oxygens (including phenoxy) is 3. The minimum Gasteiger partial charge on any atom is -0.493 e. The van der Waals surface area contributed by atoms with Crippen LogP contribution >= 0.6 is 0 Å². The zero-order chi connectivity index (χ0) is 22.5. The summed E-state index contributed by atoms with van der Waals surface area (Å²) in [7, 11) is 2.81. The minimum atomic E-state index is -0.537. The summed E-state index contributed by atoms with van der Waals surface area (Å²) >= 11 is 0. The maximum atomic E-state index is 12.4. The fourth-order valence-corrected chi connectivity index (χ4v) is 3.23. The Balaban J connectivity index is 1.47. The maximum Gasteiger partial charge on any atom is 0.339 e. The molecular weight excluding hydrogens is 410 g/mol. The van der Waals surface area contributed by atoms with Crippen LogP contribution < -0.4 is 14.8 Å². The number of imidazole rings is 1. The van der Waals surface area contributed by atoms with Crippen LogP contribution in [0.15, 0.2) is 66.7 Å². The van der Waals surface area contributed by atoms with Crippen molar-refractivity contribution in [1.29, 1.82) is 0 Å². The molecule has 4 rings (SSSR count). The first-order chi connectivity index (χ1) is 15.6. The lowest BCUT2D eigenvalue weighted by atomic mass is 10.2. The van der Waals surface area contributed by atoms with Crippen molar-refractivity contribution in [2.24, 2.45) is 0 Å². The molecule has 0 aliphatic rings. The summed E-state index contributed by atoms with van der Waals surface area (Å²) in [6.07, 6.45) is 0. The highest BCUT2D eigenvalue weighted by atomic mass is 16.5. The van der Waals surface area contributed by atoms with Gasteiger partial charge in [-0.3, -0.25) is 4.79 Å². The summed E-state index contributed by atoms with van der Waals surface area (Å²) in [6, 6.07) is 19.7. The Labute approximate surface area is 184 Å². The molecule has 0 atom stereocenters. The summed E-state index contributed by atoms with van der Waals surface area (Å²) in [6.45, 7) is -0.268. The number of amides is 1. The van der Waals surface area contributed by atoms with Crippen molar-refractivity contribution >= 4 is 28.6 Å². The number of rotatable bonds is 7. The van der Waals surface area contributed by atoms with Gasteiger partial charge < -0.3 is 24.5 Å². The third kappa shape index (κ3) is 4.39. The molecule has 8 nitrogen and oxygen atoms in total. The van der Waals surface area contributed by atoms with Gasteiger partial charge in [-0.1, -0.05) is 24.3 Å². The standard InChI is InChI=1S/C24H21N3O5/c1-30-21-13-15(23-26-18-9-5-6-10-19(18)27-23)11-12-20(21)32-14-22(28)25-17-8-4-3-7-16(17)24(29)31-2/h3-13H,14H2,1-2H3,(H,25,28)(H,26,27). The number of H-pyrrole nitrogens is 1. The second-order valence-electron chi connectivity index (χ2n) is 6.84. The van der Waals surface area contributed by atoms with Crippen LogP contribution in [0.5, 0.6) is 11.5 Å². The third-order valence-corrected chi connectivity index (χ3v) is 4.79. The first kappa shape index (κ1) is 20.9. The van der Waals surface area contributed by atoms with Gasteiger partial charge in [0, 0.05) is 5.56 Å². The molecule has 0 aliphatic heterocycles. The first-order valence-corrected chi connectivity index (χ1v) is 9.82. The van der Waals surface area contributed by atoms with E-state index in [1.807, 2.05) is 30.3 Å². The molecule has 0 fully saturated rings. The number of nitrogens with one attached hydrogen (secondary N) is 2. The van der Waals surface area contributed by atoms with Gasteiger partial charge in [0.15, 0.2) is 18.1 Å². The molecule has 4 aromatic rings. The molecule has 3 aromatic carbocycles. The van der Waals surface area contributed by atoms with Gasteiger partial charge in [-0.2, -0.15) is 0 Å². The number of methoxy groups -OCH3 is 2. The third-order valence-electron chi connectivity index (χ3n) is 4.79. The maximum absolute atomic E-state index is 12.4. The van der Waals surface area contributed by atoms with Gasteiger partial charge in [0.05, 0.1) is 36.5 Å². The number of hydrogen-bond acceptors (Lipinski definition) is 6. The molecule has 32 heavy (non-hydrogen) atoms. The van der Waals surface area contributed by atoms with Gasteiger partial charge in [-0.25, -0.2) is 9.78 Å². The number of esters is 1. The normalized spacial score (nSPS) is 10.6. The summed E-state index contributed by atoms with van der Waals surface area (Å²) in [5.74, 6) is 0.608. The number of anilines is 1. The van der Waals surface area contributed by atoms with E-state index < -0.39 is 11.9 Å². The molecule has 8 heteroatoms. The lowest BCUT2D eigenvalue weighted by molar-refractivity contribution is -0.118. The Morgan fingerprint density at radius 3 is 2.53 bits per heavy atom. The fraction of sp³-hybridized carbons (Fsp3) is 0.125. The second kappa shape index (κ2) is 9.22. The van der Waals surface area contributed by atoms with Crippen LogP contribution in [0.2, 0.25) is 0 Å². The van der Waals surface area contributed by atoms with Crippen molar-refractivity contribution in [3.05, 3.63) is 72.3 Å². The van der Waals surface area contributed by atoms with Crippen molar-refractivity contribution in [3.8, 4) is 22.9 Å². The van der Waals surface area contributed by atoms with Crippen LogP contribution in [0.1, 0.15) is 10.4 Å². The lowest BCUT2D eigenvalue weighted by Gasteiger charge is -2.13. The molecular formula is C24H21N3O5. The number of hydrogen-bond donors (Lipinski definition) is 2. The summed E-state index contributed by atoms with van der Waals surface area (Å²) < 4.78 is 15.8. The largest absolute Gasteiger partial charge is 0.493 e. The van der Waals surface area contributed by atoms with E-state index in [9.17, 15) is 9.59 Å². The van der Waals surface area contributed by atoms with Crippen molar-refractivity contribution in [3.63, 3.8) is 0 Å². The van der Waals surface area contributed by atoms with E-state index in [0.717, 1.165) is 16.6 Å². The van der Waals surface area contributed by atoms with Crippen molar-refractivity contribution < 1.29 is 23.8 Å². The number of aromatic nitrogens is 2. The van der Waals surface area contributed by atoms with Crippen molar-refractivity contribution in [1.82, 2.24) is 9.97 Å². The van der Waals surface area contributed by atoms with Gasteiger partial charge in [0.2, 0.25) is 0 Å². The minimum absolute atomic E-state index is 0.260. The highest BCUT2D eigenvalue weighted by molar-refractivity contribution is 6.01. The van der Waals surface area contributed by atoms with E-state index in [2.05, 4.69) is 15.3 Å². The van der Waals surface area contributed by atoms with Crippen LogP contribution in [0.25, 0.3) is 22.4 Å². The zero-order valence-electron chi connectivity index (χ0n) is 17.5. The van der Waals surface area contributed by atoms with Gasteiger partial charge in [0.25, 0.3) is 5.91 Å². The number of carbonyl (C=O) groups is 2. The molecule has 1 heterocycles. The van der Waals surface area contributed by atoms with Crippen LogP contribution in [0.3, 0.4) is 0 Å². The van der Waals surface area contributed by atoms with Crippen LogP contribution in [0.4, 0.5) is 5.69 Å². The first-order valence-electron chi connectivity index (χ1n) is 9.82. The monoisotopic (exact) mass is 431 g/mol. The van der Waals surface area contributed by atoms with E-state index >= 15 is 0 Å². The molecule has 0 saturated heterocycles. The number of fused-ring (bicyclic) bond motifs is 1. The topological polar surface area (TPSA) is 103 Å². The highest BCUT2D eigenvalue weighted by Gasteiger charge is 2.15. The Hall–Kier alpha value is -4.33. The molecule has 0 unspecified atom stereocenters. The highest BCUT2D eigenvalue weighted by Crippen LogP contribution is 2.32. The Bertz CT molecular complexity index is 1250. The molecule has 1 aromatic heterocycles. The number of aromatic amines is 1. The lowest BCUT2D eigenvalue weighted by Crippen LogP contribution is -2.22. The average molecular weight is 431 g/mol. The number of carbonyl (C=O) groups excluding carboxylic acids is 2. The Morgan fingerprint density at radius 1 is 0.969 bits per heavy atom. The predicted molar refractivity (Wildman–Crippen MR) is 120 cm³/mol. The van der Waals surface area contributed by atoms with Gasteiger partial charge in [-0.05, 0) is 42.5 Å². The van der Waals surface area contributed by atoms with E-state index in [1.165, 1.54) is 14.2 Å². The molecule has 2 N–H and O–H groups in total. The average Bonchev–Trinajstić information content (AvgIpc) is 3.27. The van der Waals surface area contributed by atoms with E-state index in [0.29, 0.717) is 23.0 Å². The predicted octanol–water partition coefficient (Wildman–Crippen LogP) is 4.04. The van der Waals surface area contributed by atoms with Gasteiger partial charge >= 0.3 is 5.97 Å². The van der Waals surface area contributed by atoms with Crippen LogP contribution in [0, 0.1) is 0 Å². The molecule has 0 spiro atoms. The molecule has 0 bridgehead atoms. The molecule has 0 saturated carbocycles. The van der Waals surface area contributed by atoms with E-state index in [4.69, 9.17) is 14.2 Å². The molecule has 162 valence electrons. The zero-order valence-corrected chi connectivity index (χ0v) is 17.5. The smallest absolute Gasteiger partial charge is 0.339 e. The molecule has 1 amide bonds. The number of nitrogens with zero attached hydrogens (tertiary/aromatic N) is 1. The Kier molecular flexibility index (Phi) is 6.03. The fourth-order valence-electron chi connectivity index (χ4n) is 3.23. The molecule has 0 aliphatic carbocycles. The number of para-hydroxylation sites is 3.